The van der Waals surface area contributed by atoms with E-state index in [1.807, 2.05) is 31.2 Å². The van der Waals surface area contributed by atoms with Gasteiger partial charge in [-0.2, -0.15) is 15.0 Å². The predicted molar refractivity (Wildman–Crippen MR) is 113 cm³/mol. The average Bonchev–Trinajstić information content (AvgIpc) is 3.39. The largest absolute Gasteiger partial charge is 0.497 e. The van der Waals surface area contributed by atoms with Crippen molar-refractivity contribution in [3.63, 3.8) is 0 Å². The van der Waals surface area contributed by atoms with Crippen molar-refractivity contribution in [3.8, 4) is 17.5 Å². The van der Waals surface area contributed by atoms with Crippen molar-refractivity contribution >= 4 is 17.4 Å². The highest BCUT2D eigenvalue weighted by Crippen LogP contribution is 2.25. The summed E-state index contributed by atoms with van der Waals surface area (Å²) >= 11 is 0. The van der Waals surface area contributed by atoms with Gasteiger partial charge in [-0.25, -0.2) is 5.01 Å². The Morgan fingerprint density at radius 2 is 2.16 bits per heavy atom. The van der Waals surface area contributed by atoms with Crippen LogP contribution in [0.4, 0.5) is 5.69 Å². The zero-order chi connectivity index (χ0) is 21.8. The third-order valence-corrected chi connectivity index (χ3v) is 4.70. The van der Waals surface area contributed by atoms with Crippen molar-refractivity contribution in [1.82, 2.24) is 30.5 Å². The van der Waals surface area contributed by atoms with Gasteiger partial charge in [-0.05, 0) is 23.4 Å². The van der Waals surface area contributed by atoms with Gasteiger partial charge in [-0.15, -0.1) is 5.10 Å². The molecule has 31 heavy (non-hydrogen) atoms. The summed E-state index contributed by atoms with van der Waals surface area (Å²) in [5, 5.41) is 33.9. The molecule has 0 fully saturated rings. The van der Waals surface area contributed by atoms with Crippen LogP contribution in [0.5, 0.6) is 5.75 Å². The lowest BCUT2D eigenvalue weighted by Crippen LogP contribution is -2.41. The van der Waals surface area contributed by atoms with Crippen LogP contribution < -0.4 is 15.4 Å². The van der Waals surface area contributed by atoms with Crippen molar-refractivity contribution in [2.75, 3.05) is 39.2 Å². The number of tetrazole rings is 1. The third-order valence-electron chi connectivity index (χ3n) is 4.70. The summed E-state index contributed by atoms with van der Waals surface area (Å²) in [7, 11) is 3.24. The average molecular weight is 422 g/mol. The Bertz CT molecular complexity index is 1100. The Labute approximate surface area is 178 Å². The van der Waals surface area contributed by atoms with Gasteiger partial charge < -0.3 is 20.1 Å². The maximum absolute atomic E-state index is 9.47. The maximum atomic E-state index is 9.47. The fourth-order valence-electron chi connectivity index (χ4n) is 3.23. The van der Waals surface area contributed by atoms with Crippen LogP contribution >= 0.6 is 0 Å². The molecule has 0 saturated heterocycles. The minimum atomic E-state index is -0.454. The zero-order valence-electron chi connectivity index (χ0n) is 17.4. The second-order valence-corrected chi connectivity index (χ2v) is 6.80. The Kier molecular flexibility index (Phi) is 5.76. The van der Waals surface area contributed by atoms with Gasteiger partial charge >= 0.3 is 0 Å². The van der Waals surface area contributed by atoms with Crippen molar-refractivity contribution < 1.29 is 9.47 Å². The van der Waals surface area contributed by atoms with Crippen molar-refractivity contribution in [2.45, 2.75) is 13.0 Å². The molecule has 4 rings (SSSR count). The van der Waals surface area contributed by atoms with Gasteiger partial charge in [0.15, 0.2) is 23.5 Å². The summed E-state index contributed by atoms with van der Waals surface area (Å²) in [5.41, 5.74) is 2.23. The van der Waals surface area contributed by atoms with E-state index in [0.29, 0.717) is 42.9 Å². The van der Waals surface area contributed by atoms with Crippen LogP contribution in [-0.2, 0) is 4.74 Å². The molecule has 0 spiro atoms. The predicted octanol–water partition coefficient (Wildman–Crippen LogP) is 0.445. The molecular weight excluding hydrogens is 400 g/mol. The fraction of sp³-hybridized carbons (Fsp3) is 0.368. The van der Waals surface area contributed by atoms with Crippen LogP contribution in [0.3, 0.4) is 0 Å². The Hall–Kier alpha value is -3.98. The number of methoxy groups -OCH3 is 2. The van der Waals surface area contributed by atoms with Crippen LogP contribution in [0.2, 0.25) is 0 Å². The first-order valence-electron chi connectivity index (χ1n) is 9.61. The van der Waals surface area contributed by atoms with Crippen molar-refractivity contribution in [3.05, 3.63) is 35.8 Å². The molecule has 0 aliphatic carbocycles. The number of benzene rings is 1. The number of aryl methyl sites for hydroxylation is 1. The lowest BCUT2D eigenvalue weighted by molar-refractivity contribution is 0.202. The summed E-state index contributed by atoms with van der Waals surface area (Å²) in [4.78, 5) is 4.46. The lowest BCUT2D eigenvalue weighted by atomic mass is 10.2. The van der Waals surface area contributed by atoms with Crippen LogP contribution in [0.1, 0.15) is 5.82 Å². The monoisotopic (exact) mass is 422 g/mol. The number of aromatic nitrogens is 4. The van der Waals surface area contributed by atoms with Gasteiger partial charge in [0, 0.05) is 37.6 Å². The third kappa shape index (κ3) is 4.17. The number of rotatable bonds is 7. The first-order valence-corrected chi connectivity index (χ1v) is 9.61. The van der Waals surface area contributed by atoms with Crippen LogP contribution in [0.25, 0.3) is 5.69 Å². The molecule has 1 atom stereocenters. The molecule has 2 aromatic rings. The van der Waals surface area contributed by atoms with Crippen molar-refractivity contribution in [1.29, 1.82) is 5.26 Å². The van der Waals surface area contributed by atoms with Gasteiger partial charge in [0.2, 0.25) is 0 Å². The Balaban J connectivity index is 1.65. The van der Waals surface area contributed by atoms with E-state index in [1.165, 1.54) is 0 Å². The van der Waals surface area contributed by atoms with Gasteiger partial charge in [-0.1, -0.05) is 0 Å². The number of amidine groups is 2. The number of ether oxygens (including phenoxy) is 2. The number of hydrazone groups is 1. The van der Waals surface area contributed by atoms with E-state index in [9.17, 15) is 5.26 Å². The molecule has 1 aromatic heterocycles. The molecule has 2 N–H and O–H groups in total. The van der Waals surface area contributed by atoms with Gasteiger partial charge in [-0.3, -0.25) is 4.99 Å². The first-order chi connectivity index (χ1) is 15.1. The second-order valence-electron chi connectivity index (χ2n) is 6.80. The number of hydrogen-bond acceptors (Lipinski definition) is 11. The molecule has 0 bridgehead atoms. The Morgan fingerprint density at radius 1 is 1.29 bits per heavy atom. The van der Waals surface area contributed by atoms with E-state index in [2.05, 4.69) is 42.3 Å². The highest BCUT2D eigenvalue weighted by Gasteiger charge is 2.33. The molecule has 0 saturated carbocycles. The summed E-state index contributed by atoms with van der Waals surface area (Å²) in [5.74, 6) is 2.47. The topological polar surface area (TPSA) is 138 Å². The van der Waals surface area contributed by atoms with E-state index in [-0.39, 0.29) is 0 Å². The molecule has 2 aliphatic rings. The standard InChI is InChI=1S/C19H22N10O2/c1-12-24-26-27-28(12)14-6-13(7-16(8-14)31-3)23-18-9-17(21-4-5-30-2)19-22-11-15(10-20)29(19)25-18/h6-9,15,21H,4-5,11H2,1-3H3,(H,23,25). The molecule has 2 aliphatic heterocycles. The molecular formula is C19H22N10O2. The van der Waals surface area contributed by atoms with Crippen molar-refractivity contribution in [2.24, 2.45) is 10.1 Å². The molecule has 0 radical (unpaired) electrons. The van der Waals surface area contributed by atoms with E-state index in [4.69, 9.17) is 9.47 Å². The quantitative estimate of drug-likeness (QED) is 0.609. The highest BCUT2D eigenvalue weighted by molar-refractivity contribution is 6.13. The van der Waals surface area contributed by atoms with E-state index < -0.39 is 6.04 Å². The van der Waals surface area contributed by atoms with Gasteiger partial charge in [0.25, 0.3) is 0 Å². The minimum absolute atomic E-state index is 0.369. The first kappa shape index (κ1) is 20.3. The maximum Gasteiger partial charge on any atom is 0.169 e. The lowest BCUT2D eigenvalue weighted by Gasteiger charge is -2.26. The van der Waals surface area contributed by atoms with E-state index in [1.54, 1.807) is 23.9 Å². The smallest absolute Gasteiger partial charge is 0.169 e. The zero-order valence-corrected chi connectivity index (χ0v) is 17.4. The molecule has 0 amide bonds. The second kappa shape index (κ2) is 8.80. The minimum Gasteiger partial charge on any atom is -0.497 e. The summed E-state index contributed by atoms with van der Waals surface area (Å²) in [6.07, 6.45) is 1.85. The van der Waals surface area contributed by atoms with Gasteiger partial charge in [0.05, 0.1) is 37.7 Å². The fourth-order valence-corrected chi connectivity index (χ4v) is 3.23. The van der Waals surface area contributed by atoms with Crippen LogP contribution in [0, 0.1) is 18.3 Å². The number of nitrogens with one attached hydrogen (secondary N) is 2. The highest BCUT2D eigenvalue weighted by atomic mass is 16.5. The number of nitrogens with zero attached hydrogens (tertiary/aromatic N) is 8. The number of hydrogen-bond donors (Lipinski definition) is 2. The molecule has 160 valence electrons. The normalized spacial score (nSPS) is 17.3. The Morgan fingerprint density at radius 3 is 2.87 bits per heavy atom. The SMILES string of the molecule is COCCNC1=CC(Nc2cc(OC)cc(-n3nnnc3C)c2)=NN2C1=NCC2C#N. The van der Waals surface area contributed by atoms with Crippen LogP contribution in [0.15, 0.2) is 40.1 Å². The number of aliphatic imine (C=N–C) groups is 1. The summed E-state index contributed by atoms with van der Waals surface area (Å²) in [6, 6.07) is 7.34. The van der Waals surface area contributed by atoms with Crippen LogP contribution in [-0.4, -0.2) is 76.8 Å². The number of anilines is 1. The van der Waals surface area contributed by atoms with Gasteiger partial charge in [0.1, 0.15) is 5.75 Å². The molecule has 1 unspecified atom stereocenters. The summed E-state index contributed by atoms with van der Waals surface area (Å²) < 4.78 is 12.2. The molecule has 12 heteroatoms. The number of fused-ring (bicyclic) bond motifs is 1. The molecule has 12 nitrogen and oxygen atoms in total. The summed E-state index contributed by atoms with van der Waals surface area (Å²) in [6.45, 7) is 3.32. The molecule has 1 aromatic carbocycles. The number of nitriles is 1. The molecule has 3 heterocycles. The van der Waals surface area contributed by atoms with E-state index in [0.717, 1.165) is 17.1 Å². The van der Waals surface area contributed by atoms with E-state index >= 15 is 0 Å².